The highest BCUT2D eigenvalue weighted by Gasteiger charge is 2.32. The molecule has 0 radical (unpaired) electrons. The lowest BCUT2D eigenvalue weighted by Gasteiger charge is -2.24. The number of hydrogen-bond donors (Lipinski definition) is 0. The molecule has 0 saturated carbocycles. The molecule has 0 aliphatic carbocycles. The average molecular weight is 408 g/mol. The number of anilines is 1. The number of ether oxygens (including phenoxy) is 2. The fourth-order valence-corrected chi connectivity index (χ4v) is 3.09. The van der Waals surface area contributed by atoms with E-state index in [-0.39, 0.29) is 12.0 Å². The van der Waals surface area contributed by atoms with Gasteiger partial charge in [0.15, 0.2) is 0 Å². The minimum atomic E-state index is -4.43. The Hall–Kier alpha value is -2.77. The van der Waals surface area contributed by atoms with Crippen molar-refractivity contribution < 1.29 is 27.4 Å². The number of aromatic nitrogens is 1. The van der Waals surface area contributed by atoms with E-state index in [2.05, 4.69) is 4.98 Å². The Balaban J connectivity index is 1.68. The van der Waals surface area contributed by atoms with Gasteiger partial charge in [-0.1, -0.05) is 12.1 Å². The molecule has 1 atom stereocenters. The van der Waals surface area contributed by atoms with Crippen molar-refractivity contribution in [3.63, 3.8) is 0 Å². The summed E-state index contributed by atoms with van der Waals surface area (Å²) in [6, 6.07) is 9.35. The van der Waals surface area contributed by atoms with Crippen LogP contribution in [0.5, 0.6) is 5.88 Å². The molecule has 1 aromatic carbocycles. The molecule has 0 bridgehead atoms. The summed E-state index contributed by atoms with van der Waals surface area (Å²) in [7, 11) is 0. The molecule has 8 heteroatoms. The monoisotopic (exact) mass is 408 g/mol. The molecule has 156 valence electrons. The summed E-state index contributed by atoms with van der Waals surface area (Å²) in [6.07, 6.45) is -3.25. The number of carbonyl (C=O) groups is 1. The fraction of sp³-hybridized carbons (Fsp3) is 0.429. The van der Waals surface area contributed by atoms with Crippen molar-refractivity contribution >= 4 is 11.7 Å². The molecule has 0 amide bonds. The van der Waals surface area contributed by atoms with E-state index in [4.69, 9.17) is 9.47 Å². The number of halogens is 3. The molecule has 29 heavy (non-hydrogen) atoms. The molecule has 2 heterocycles. The number of benzene rings is 1. The second-order valence-corrected chi connectivity index (χ2v) is 7.88. The third-order valence-corrected chi connectivity index (χ3v) is 4.36. The van der Waals surface area contributed by atoms with Gasteiger partial charge in [0.1, 0.15) is 11.7 Å². The van der Waals surface area contributed by atoms with Gasteiger partial charge in [-0.25, -0.2) is 9.78 Å². The summed E-state index contributed by atoms with van der Waals surface area (Å²) in [5.74, 6) is -0.257. The zero-order valence-electron chi connectivity index (χ0n) is 16.5. The van der Waals surface area contributed by atoms with Crippen LogP contribution in [-0.2, 0) is 10.9 Å². The van der Waals surface area contributed by atoms with Crippen molar-refractivity contribution in [2.75, 3.05) is 18.0 Å². The Bertz CT molecular complexity index is 861. The summed E-state index contributed by atoms with van der Waals surface area (Å²) in [6.45, 7) is 6.56. The number of para-hydroxylation sites is 1. The van der Waals surface area contributed by atoms with Gasteiger partial charge >= 0.3 is 12.1 Å². The summed E-state index contributed by atoms with van der Waals surface area (Å²) in [5, 5.41) is 0. The van der Waals surface area contributed by atoms with E-state index >= 15 is 0 Å². The van der Waals surface area contributed by atoms with Gasteiger partial charge in [-0.15, -0.1) is 0 Å². The quantitative estimate of drug-likeness (QED) is 0.686. The predicted octanol–water partition coefficient (Wildman–Crippen LogP) is 4.71. The fourth-order valence-electron chi connectivity index (χ4n) is 3.09. The van der Waals surface area contributed by atoms with Crippen molar-refractivity contribution in [2.24, 2.45) is 0 Å². The summed E-state index contributed by atoms with van der Waals surface area (Å²) in [5.41, 5.74) is -0.206. The molecule has 1 saturated heterocycles. The van der Waals surface area contributed by atoms with Crippen molar-refractivity contribution in [3.8, 4) is 5.88 Å². The number of alkyl halides is 3. The van der Waals surface area contributed by atoms with Gasteiger partial charge in [-0.3, -0.25) is 0 Å². The number of pyridine rings is 1. The minimum Gasteiger partial charge on any atom is -0.472 e. The minimum absolute atomic E-state index is 0.144. The van der Waals surface area contributed by atoms with E-state index in [0.717, 1.165) is 18.0 Å². The van der Waals surface area contributed by atoms with Crippen LogP contribution in [0.2, 0.25) is 0 Å². The molecular weight excluding hydrogens is 385 g/mol. The van der Waals surface area contributed by atoms with Crippen molar-refractivity contribution in [2.45, 2.75) is 45.1 Å². The third-order valence-electron chi connectivity index (χ3n) is 4.36. The van der Waals surface area contributed by atoms with Crippen LogP contribution in [0.3, 0.4) is 0 Å². The van der Waals surface area contributed by atoms with Crippen LogP contribution in [0, 0.1) is 0 Å². The van der Waals surface area contributed by atoms with Gasteiger partial charge in [-0.2, -0.15) is 13.2 Å². The number of rotatable bonds is 4. The third kappa shape index (κ3) is 5.40. The maximum atomic E-state index is 12.6. The standard InChI is InChI=1S/C21H23F3N2O3/c1-20(2,3)29-19(27)16-6-4-5-7-17(16)26-11-10-15(13-26)28-18-9-8-14(12-25-18)21(22,23)24/h4-9,12,15H,10-11,13H2,1-3H3/t15-/m0/s1. The first-order valence-electron chi connectivity index (χ1n) is 9.30. The topological polar surface area (TPSA) is 51.7 Å². The molecule has 0 spiro atoms. The van der Waals surface area contributed by atoms with Gasteiger partial charge in [0.05, 0.1) is 23.4 Å². The SMILES string of the molecule is CC(C)(C)OC(=O)c1ccccc1N1CC[C@H](Oc2ccc(C(F)(F)F)cn2)C1. The molecule has 1 aliphatic heterocycles. The van der Waals surface area contributed by atoms with Gasteiger partial charge in [-0.05, 0) is 39.0 Å². The summed E-state index contributed by atoms with van der Waals surface area (Å²) >= 11 is 0. The lowest BCUT2D eigenvalue weighted by Crippen LogP contribution is -2.28. The first-order valence-corrected chi connectivity index (χ1v) is 9.30. The largest absolute Gasteiger partial charge is 0.472 e. The Morgan fingerprint density at radius 1 is 1.14 bits per heavy atom. The first kappa shape index (κ1) is 21.0. The highest BCUT2D eigenvalue weighted by molar-refractivity contribution is 5.96. The van der Waals surface area contributed by atoms with Crippen molar-refractivity contribution in [3.05, 3.63) is 53.7 Å². The van der Waals surface area contributed by atoms with Crippen LogP contribution >= 0.6 is 0 Å². The van der Waals surface area contributed by atoms with E-state index in [1.54, 1.807) is 12.1 Å². The zero-order chi connectivity index (χ0) is 21.2. The van der Waals surface area contributed by atoms with E-state index in [9.17, 15) is 18.0 Å². The molecule has 0 N–H and O–H groups in total. The highest BCUT2D eigenvalue weighted by atomic mass is 19.4. The molecule has 0 unspecified atom stereocenters. The number of nitrogens with zero attached hydrogens (tertiary/aromatic N) is 2. The first-order chi connectivity index (χ1) is 13.5. The van der Waals surface area contributed by atoms with E-state index in [1.807, 2.05) is 37.8 Å². The van der Waals surface area contributed by atoms with Crippen LogP contribution < -0.4 is 9.64 Å². The second-order valence-electron chi connectivity index (χ2n) is 7.88. The van der Waals surface area contributed by atoms with Gasteiger partial charge in [0.25, 0.3) is 0 Å². The molecule has 1 aliphatic rings. The lowest BCUT2D eigenvalue weighted by molar-refractivity contribution is -0.137. The summed E-state index contributed by atoms with van der Waals surface area (Å²) in [4.78, 5) is 18.3. The van der Waals surface area contributed by atoms with Crippen LogP contribution in [-0.4, -0.2) is 35.7 Å². The van der Waals surface area contributed by atoms with Gasteiger partial charge < -0.3 is 14.4 Å². The van der Waals surface area contributed by atoms with Crippen molar-refractivity contribution in [1.29, 1.82) is 0 Å². The Morgan fingerprint density at radius 3 is 2.48 bits per heavy atom. The maximum Gasteiger partial charge on any atom is 0.417 e. The number of hydrogen-bond acceptors (Lipinski definition) is 5. The Morgan fingerprint density at radius 2 is 1.86 bits per heavy atom. The molecule has 3 rings (SSSR count). The van der Waals surface area contributed by atoms with E-state index < -0.39 is 23.3 Å². The van der Waals surface area contributed by atoms with Crippen molar-refractivity contribution in [1.82, 2.24) is 4.98 Å². The highest BCUT2D eigenvalue weighted by Crippen LogP contribution is 2.30. The van der Waals surface area contributed by atoms with Gasteiger partial charge in [0.2, 0.25) is 5.88 Å². The Labute approximate surface area is 167 Å². The van der Waals surface area contributed by atoms with E-state index in [0.29, 0.717) is 25.1 Å². The summed E-state index contributed by atoms with van der Waals surface area (Å²) < 4.78 is 49.2. The molecule has 2 aromatic rings. The predicted molar refractivity (Wildman–Crippen MR) is 102 cm³/mol. The van der Waals surface area contributed by atoms with Crippen LogP contribution in [0.25, 0.3) is 0 Å². The molecule has 1 aromatic heterocycles. The van der Waals surface area contributed by atoms with Crippen LogP contribution in [0.15, 0.2) is 42.6 Å². The average Bonchev–Trinajstić information content (AvgIpc) is 3.08. The number of esters is 1. The van der Waals surface area contributed by atoms with Gasteiger partial charge in [0, 0.05) is 25.2 Å². The van der Waals surface area contributed by atoms with Crippen LogP contribution in [0.1, 0.15) is 43.1 Å². The normalized spacial score (nSPS) is 17.3. The molecule has 5 nitrogen and oxygen atoms in total. The number of carbonyl (C=O) groups excluding carboxylic acids is 1. The van der Waals surface area contributed by atoms with E-state index in [1.165, 1.54) is 6.07 Å². The molecular formula is C21H23F3N2O3. The van der Waals surface area contributed by atoms with Crippen LogP contribution in [0.4, 0.5) is 18.9 Å². The lowest BCUT2D eigenvalue weighted by atomic mass is 10.1. The molecule has 1 fully saturated rings. The smallest absolute Gasteiger partial charge is 0.417 e. The second kappa shape index (κ2) is 7.93. The maximum absolute atomic E-state index is 12.6. The zero-order valence-corrected chi connectivity index (χ0v) is 16.5. The Kier molecular flexibility index (Phi) is 5.73.